The van der Waals surface area contributed by atoms with Crippen molar-refractivity contribution in [3.8, 4) is 0 Å². The fourth-order valence-electron chi connectivity index (χ4n) is 3.94. The van der Waals surface area contributed by atoms with Gasteiger partial charge in [-0.05, 0) is 34.1 Å². The van der Waals surface area contributed by atoms with E-state index in [4.69, 9.17) is 4.74 Å². The van der Waals surface area contributed by atoms with Gasteiger partial charge in [0.15, 0.2) is 0 Å². The summed E-state index contributed by atoms with van der Waals surface area (Å²) in [5, 5.41) is 6.67. The molecule has 13 heteroatoms. The molecule has 0 saturated carbocycles. The Hall–Kier alpha value is -2.22. The van der Waals surface area contributed by atoms with Gasteiger partial charge in [-0.1, -0.05) is 25.7 Å². The molecule has 4 rings (SSSR count). The zero-order chi connectivity index (χ0) is 25.9. The smallest absolute Gasteiger partial charge is 0.364 e. The minimum absolute atomic E-state index is 0.166. The van der Waals surface area contributed by atoms with Gasteiger partial charge in [0, 0.05) is 45.0 Å². The Kier molecular flexibility index (Phi) is 8.22. The van der Waals surface area contributed by atoms with Gasteiger partial charge in [-0.3, -0.25) is 0 Å². The van der Waals surface area contributed by atoms with E-state index in [1.165, 1.54) is 6.33 Å². The van der Waals surface area contributed by atoms with E-state index in [2.05, 4.69) is 61.2 Å². The molecule has 196 valence electrons. The summed E-state index contributed by atoms with van der Waals surface area (Å²) in [4.78, 5) is 15.1. The highest BCUT2D eigenvalue weighted by Gasteiger charge is 2.42. The molecule has 8 nitrogen and oxygen atoms in total. The fourth-order valence-corrected chi connectivity index (χ4v) is 5.31. The first-order valence-corrected chi connectivity index (χ1v) is 16.3. The maximum absolute atomic E-state index is 13.2. The van der Waals surface area contributed by atoms with Crippen LogP contribution in [-0.4, -0.2) is 66.1 Å². The number of hydrogen-bond acceptors (Lipinski definition) is 7. The summed E-state index contributed by atoms with van der Waals surface area (Å²) in [6, 6.07) is 4.91. The molecule has 36 heavy (non-hydrogen) atoms. The lowest BCUT2D eigenvalue weighted by Crippen LogP contribution is -2.57. The molecule has 3 aromatic heterocycles. The van der Waals surface area contributed by atoms with Gasteiger partial charge in [0.1, 0.15) is 36.4 Å². The van der Waals surface area contributed by atoms with Crippen LogP contribution in [0, 0.1) is 0 Å². The quantitative estimate of drug-likeness (QED) is 0.274. The topological polar surface area (TPSA) is 80.1 Å². The Morgan fingerprint density at radius 2 is 2.06 bits per heavy atom. The Balaban J connectivity index is 1.43. The number of nitrogens with zero attached hydrogens (tertiary/aromatic N) is 5. The highest BCUT2D eigenvalue weighted by Crippen LogP contribution is 2.30. The largest absolute Gasteiger partial charge is 0.405 e. The van der Waals surface area contributed by atoms with Crippen molar-refractivity contribution in [2.24, 2.45) is 0 Å². The highest BCUT2D eigenvalue weighted by atomic mass is 79.9. The van der Waals surface area contributed by atoms with Crippen molar-refractivity contribution >= 4 is 46.7 Å². The second kappa shape index (κ2) is 11.0. The third-order valence-corrected chi connectivity index (χ3v) is 8.26. The van der Waals surface area contributed by atoms with Crippen LogP contribution in [0.4, 0.5) is 24.8 Å². The molecule has 1 aliphatic heterocycles. The number of piperazine rings is 1. The van der Waals surface area contributed by atoms with Crippen molar-refractivity contribution in [3.05, 3.63) is 40.9 Å². The van der Waals surface area contributed by atoms with Crippen LogP contribution in [0.15, 0.2) is 35.2 Å². The molecule has 2 N–H and O–H groups in total. The van der Waals surface area contributed by atoms with Crippen molar-refractivity contribution in [1.29, 1.82) is 0 Å². The van der Waals surface area contributed by atoms with Crippen molar-refractivity contribution in [2.75, 3.05) is 36.5 Å². The molecule has 1 fully saturated rings. The third kappa shape index (κ3) is 6.75. The van der Waals surface area contributed by atoms with Crippen LogP contribution in [-0.2, 0) is 18.0 Å². The van der Waals surface area contributed by atoms with Gasteiger partial charge < -0.3 is 24.8 Å². The van der Waals surface area contributed by atoms with Gasteiger partial charge in [0.2, 0.25) is 0 Å². The Morgan fingerprint density at radius 1 is 1.25 bits per heavy atom. The second-order valence-corrected chi connectivity index (χ2v) is 16.5. The van der Waals surface area contributed by atoms with Crippen molar-refractivity contribution < 1.29 is 17.9 Å². The summed E-state index contributed by atoms with van der Waals surface area (Å²) < 4.78 is 48.2. The first-order chi connectivity index (χ1) is 17.0. The van der Waals surface area contributed by atoms with Gasteiger partial charge in [0.25, 0.3) is 0 Å². The number of halogens is 4. The number of pyridine rings is 1. The van der Waals surface area contributed by atoms with Gasteiger partial charge in [-0.2, -0.15) is 13.2 Å². The van der Waals surface area contributed by atoms with Crippen molar-refractivity contribution in [3.63, 3.8) is 0 Å². The van der Waals surface area contributed by atoms with Crippen LogP contribution in [0.25, 0.3) is 11.0 Å². The summed E-state index contributed by atoms with van der Waals surface area (Å²) in [5.74, 6) is 1.17. The number of anilines is 2. The Bertz CT molecular complexity index is 1180. The first kappa shape index (κ1) is 26.8. The van der Waals surface area contributed by atoms with E-state index in [1.807, 2.05) is 22.9 Å². The molecule has 1 atom stereocenters. The number of ether oxygens (including phenoxy) is 1. The molecule has 3 aromatic rings. The maximum Gasteiger partial charge on any atom is 0.405 e. The normalized spacial score (nSPS) is 17.1. The minimum Gasteiger partial charge on any atom is -0.364 e. The van der Waals surface area contributed by atoms with Crippen molar-refractivity contribution in [2.45, 2.75) is 51.2 Å². The van der Waals surface area contributed by atoms with Gasteiger partial charge in [0.05, 0.1) is 17.6 Å². The first-order valence-electron chi connectivity index (χ1n) is 11.8. The predicted octanol–water partition coefficient (Wildman–Crippen LogP) is 4.85. The molecule has 0 aromatic carbocycles. The molecular weight excluding hydrogens is 555 g/mol. The molecule has 0 aliphatic carbocycles. The number of aromatic nitrogens is 4. The molecule has 1 unspecified atom stereocenters. The van der Waals surface area contributed by atoms with E-state index in [1.54, 1.807) is 11.0 Å². The van der Waals surface area contributed by atoms with Crippen LogP contribution in [0.2, 0.25) is 25.7 Å². The molecule has 0 spiro atoms. The maximum atomic E-state index is 13.2. The van der Waals surface area contributed by atoms with Gasteiger partial charge in [-0.25, -0.2) is 15.0 Å². The molecule has 4 heterocycles. The number of nitrogens with one attached hydrogen (secondary N) is 2. The summed E-state index contributed by atoms with van der Waals surface area (Å²) in [6.45, 7) is 8.96. The average molecular weight is 587 g/mol. The zero-order valence-corrected chi connectivity index (χ0v) is 23.2. The standard InChI is InChI=1S/C23H31BrF3N7OSi/c1-36(2,3)10-9-35-15-34-12-17(24)20-21(30-14-31-22(20)34)29-11-16-5-4-6-19(32-16)33-8-7-28-18(13-33)23(25,26)27/h4-6,12,14,18,28H,7-11,13,15H2,1-3H3,(H,29,30,31). The van der Waals surface area contributed by atoms with Gasteiger partial charge >= 0.3 is 6.18 Å². The summed E-state index contributed by atoms with van der Waals surface area (Å²) in [5.41, 5.74) is 1.44. The molecular formula is C23H31BrF3N7OSi. The lowest BCUT2D eigenvalue weighted by atomic mass is 10.2. The highest BCUT2D eigenvalue weighted by molar-refractivity contribution is 9.10. The monoisotopic (exact) mass is 585 g/mol. The number of fused-ring (bicyclic) bond motifs is 1. The fraction of sp³-hybridized carbons (Fsp3) is 0.522. The molecule has 0 amide bonds. The van der Waals surface area contributed by atoms with E-state index < -0.39 is 20.3 Å². The van der Waals surface area contributed by atoms with E-state index in [-0.39, 0.29) is 13.1 Å². The summed E-state index contributed by atoms with van der Waals surface area (Å²) in [7, 11) is -1.16. The lowest BCUT2D eigenvalue weighted by Gasteiger charge is -2.35. The Labute approximate surface area is 217 Å². The molecule has 1 saturated heterocycles. The predicted molar refractivity (Wildman–Crippen MR) is 141 cm³/mol. The molecule has 1 aliphatic rings. The average Bonchev–Trinajstić information content (AvgIpc) is 3.16. The van der Waals surface area contributed by atoms with Crippen LogP contribution in [0.1, 0.15) is 5.69 Å². The second-order valence-electron chi connectivity index (χ2n) is 10.1. The number of hydrogen-bond donors (Lipinski definition) is 2. The number of alkyl halides is 3. The van der Waals surface area contributed by atoms with Gasteiger partial charge in [-0.15, -0.1) is 0 Å². The zero-order valence-electron chi connectivity index (χ0n) is 20.6. The third-order valence-electron chi connectivity index (χ3n) is 5.96. The van der Waals surface area contributed by atoms with Crippen LogP contribution in [0.3, 0.4) is 0 Å². The summed E-state index contributed by atoms with van der Waals surface area (Å²) in [6.07, 6.45) is -0.865. The molecule has 0 bridgehead atoms. The van der Waals surface area contributed by atoms with Crippen molar-refractivity contribution in [1.82, 2.24) is 24.8 Å². The van der Waals surface area contributed by atoms with Crippen LogP contribution < -0.4 is 15.5 Å². The summed E-state index contributed by atoms with van der Waals surface area (Å²) >= 11 is 3.61. The minimum atomic E-state index is -4.29. The molecule has 0 radical (unpaired) electrons. The SMILES string of the molecule is C[Si](C)(C)CCOCn1cc(Br)c2c(NCc3cccc(N4CCNC(C(F)(F)F)C4)n3)ncnc21. The van der Waals surface area contributed by atoms with E-state index >= 15 is 0 Å². The van der Waals surface area contributed by atoms with E-state index in [0.717, 1.165) is 21.6 Å². The lowest BCUT2D eigenvalue weighted by molar-refractivity contribution is -0.155. The van der Waals surface area contributed by atoms with Crippen LogP contribution in [0.5, 0.6) is 0 Å². The Morgan fingerprint density at radius 3 is 2.81 bits per heavy atom. The number of rotatable bonds is 9. The van der Waals surface area contributed by atoms with E-state index in [0.29, 0.717) is 43.8 Å². The van der Waals surface area contributed by atoms with Crippen LogP contribution >= 0.6 is 15.9 Å². The van der Waals surface area contributed by atoms with E-state index in [9.17, 15) is 13.2 Å².